The summed E-state index contributed by atoms with van der Waals surface area (Å²) in [5.41, 5.74) is 5.64. The standard InChI is InChI=1S/C8H17NO/c1-7(9)6-8-4-2-3-5-10-8/h7-8H,2-6,9H2,1H3. The van der Waals surface area contributed by atoms with Crippen molar-refractivity contribution in [1.82, 2.24) is 0 Å². The van der Waals surface area contributed by atoms with Gasteiger partial charge in [0.1, 0.15) is 0 Å². The minimum absolute atomic E-state index is 0.295. The van der Waals surface area contributed by atoms with E-state index in [0.29, 0.717) is 12.1 Å². The minimum Gasteiger partial charge on any atom is -0.378 e. The largest absolute Gasteiger partial charge is 0.378 e. The van der Waals surface area contributed by atoms with E-state index in [9.17, 15) is 0 Å². The SMILES string of the molecule is CC(N)CC1CCCCO1. The second-order valence-electron chi connectivity index (χ2n) is 3.20. The maximum atomic E-state index is 5.64. The molecule has 1 saturated heterocycles. The Morgan fingerprint density at radius 1 is 1.60 bits per heavy atom. The summed E-state index contributed by atoms with van der Waals surface area (Å²) in [6, 6.07) is 0.295. The molecule has 10 heavy (non-hydrogen) atoms. The van der Waals surface area contributed by atoms with Gasteiger partial charge in [-0.05, 0) is 32.6 Å². The number of rotatable bonds is 2. The Kier molecular flexibility index (Phi) is 3.16. The molecule has 1 aliphatic rings. The van der Waals surface area contributed by atoms with Gasteiger partial charge in [-0.1, -0.05) is 0 Å². The summed E-state index contributed by atoms with van der Waals surface area (Å²) in [5.74, 6) is 0. The van der Waals surface area contributed by atoms with Crippen LogP contribution in [0.5, 0.6) is 0 Å². The first kappa shape index (κ1) is 8.02. The van der Waals surface area contributed by atoms with Crippen LogP contribution in [-0.4, -0.2) is 18.8 Å². The molecule has 0 aromatic carbocycles. The molecule has 1 fully saturated rings. The Morgan fingerprint density at radius 3 is 2.90 bits per heavy atom. The average molecular weight is 143 g/mol. The zero-order chi connectivity index (χ0) is 7.40. The van der Waals surface area contributed by atoms with Gasteiger partial charge in [0.05, 0.1) is 6.10 Å². The quantitative estimate of drug-likeness (QED) is 0.632. The van der Waals surface area contributed by atoms with E-state index >= 15 is 0 Å². The fourth-order valence-electron chi connectivity index (χ4n) is 1.41. The highest BCUT2D eigenvalue weighted by atomic mass is 16.5. The van der Waals surface area contributed by atoms with Crippen LogP contribution in [0.3, 0.4) is 0 Å². The summed E-state index contributed by atoms with van der Waals surface area (Å²) in [6.07, 6.45) is 5.24. The van der Waals surface area contributed by atoms with Crippen LogP contribution in [0.1, 0.15) is 32.6 Å². The van der Waals surface area contributed by atoms with Crippen molar-refractivity contribution in [1.29, 1.82) is 0 Å². The molecule has 2 atom stereocenters. The average Bonchev–Trinajstić information content (AvgIpc) is 1.88. The van der Waals surface area contributed by atoms with Crippen molar-refractivity contribution in [3.05, 3.63) is 0 Å². The Hall–Kier alpha value is -0.0800. The molecular formula is C8H17NO. The van der Waals surface area contributed by atoms with Gasteiger partial charge in [0.15, 0.2) is 0 Å². The van der Waals surface area contributed by atoms with Gasteiger partial charge in [-0.15, -0.1) is 0 Å². The maximum Gasteiger partial charge on any atom is 0.0589 e. The fraction of sp³-hybridized carbons (Fsp3) is 1.00. The van der Waals surface area contributed by atoms with Gasteiger partial charge in [-0.3, -0.25) is 0 Å². The van der Waals surface area contributed by atoms with Gasteiger partial charge in [-0.25, -0.2) is 0 Å². The molecular weight excluding hydrogens is 126 g/mol. The third-order valence-corrected chi connectivity index (χ3v) is 1.91. The Morgan fingerprint density at radius 2 is 2.40 bits per heavy atom. The van der Waals surface area contributed by atoms with E-state index in [1.54, 1.807) is 0 Å². The number of ether oxygens (including phenoxy) is 1. The molecule has 0 aliphatic carbocycles. The normalized spacial score (nSPS) is 30.0. The highest BCUT2D eigenvalue weighted by molar-refractivity contribution is 4.67. The lowest BCUT2D eigenvalue weighted by atomic mass is 10.0. The molecule has 2 nitrogen and oxygen atoms in total. The van der Waals surface area contributed by atoms with Gasteiger partial charge in [0.25, 0.3) is 0 Å². The summed E-state index contributed by atoms with van der Waals surface area (Å²) in [4.78, 5) is 0. The molecule has 0 amide bonds. The van der Waals surface area contributed by atoms with E-state index in [2.05, 4.69) is 0 Å². The Balaban J connectivity index is 2.13. The molecule has 0 bridgehead atoms. The van der Waals surface area contributed by atoms with Crippen molar-refractivity contribution >= 4 is 0 Å². The Labute approximate surface area is 62.7 Å². The van der Waals surface area contributed by atoms with E-state index in [1.807, 2.05) is 6.92 Å². The Bertz CT molecular complexity index is 87.3. The van der Waals surface area contributed by atoms with Crippen molar-refractivity contribution in [2.24, 2.45) is 5.73 Å². The monoisotopic (exact) mass is 143 g/mol. The van der Waals surface area contributed by atoms with Gasteiger partial charge in [-0.2, -0.15) is 0 Å². The number of hydrogen-bond donors (Lipinski definition) is 1. The highest BCUT2D eigenvalue weighted by Crippen LogP contribution is 2.15. The molecule has 1 rings (SSSR count). The second-order valence-corrected chi connectivity index (χ2v) is 3.20. The predicted octanol–water partition coefficient (Wildman–Crippen LogP) is 1.29. The van der Waals surface area contributed by atoms with Crippen molar-refractivity contribution in [3.63, 3.8) is 0 Å². The minimum atomic E-state index is 0.295. The molecule has 60 valence electrons. The third-order valence-electron chi connectivity index (χ3n) is 1.91. The van der Waals surface area contributed by atoms with Crippen LogP contribution in [0.4, 0.5) is 0 Å². The lowest BCUT2D eigenvalue weighted by molar-refractivity contribution is 0.00837. The summed E-state index contributed by atoms with van der Waals surface area (Å²) < 4.78 is 5.51. The number of nitrogens with two attached hydrogens (primary N) is 1. The lowest BCUT2D eigenvalue weighted by Gasteiger charge is -2.23. The molecule has 2 heteroatoms. The highest BCUT2D eigenvalue weighted by Gasteiger charge is 2.14. The first-order valence-electron chi connectivity index (χ1n) is 4.16. The molecule has 2 unspecified atom stereocenters. The molecule has 0 aromatic heterocycles. The molecule has 0 spiro atoms. The number of hydrogen-bond acceptors (Lipinski definition) is 2. The second kappa shape index (κ2) is 3.94. The summed E-state index contributed by atoms with van der Waals surface area (Å²) >= 11 is 0. The topological polar surface area (TPSA) is 35.2 Å². The van der Waals surface area contributed by atoms with E-state index in [0.717, 1.165) is 13.0 Å². The summed E-state index contributed by atoms with van der Waals surface area (Å²) in [6.45, 7) is 2.98. The summed E-state index contributed by atoms with van der Waals surface area (Å²) in [7, 11) is 0. The molecule has 0 radical (unpaired) electrons. The van der Waals surface area contributed by atoms with Crippen LogP contribution in [-0.2, 0) is 4.74 Å². The van der Waals surface area contributed by atoms with Gasteiger partial charge >= 0.3 is 0 Å². The lowest BCUT2D eigenvalue weighted by Crippen LogP contribution is -2.27. The van der Waals surface area contributed by atoms with Gasteiger partial charge in [0, 0.05) is 12.6 Å². The van der Waals surface area contributed by atoms with E-state index < -0.39 is 0 Å². The van der Waals surface area contributed by atoms with Crippen molar-refractivity contribution in [2.75, 3.05) is 6.61 Å². The van der Waals surface area contributed by atoms with Crippen molar-refractivity contribution < 1.29 is 4.74 Å². The molecule has 1 heterocycles. The van der Waals surface area contributed by atoms with Gasteiger partial charge < -0.3 is 10.5 Å². The zero-order valence-corrected chi connectivity index (χ0v) is 6.68. The van der Waals surface area contributed by atoms with E-state index in [4.69, 9.17) is 10.5 Å². The first-order valence-corrected chi connectivity index (χ1v) is 4.16. The van der Waals surface area contributed by atoms with Crippen molar-refractivity contribution in [2.45, 2.75) is 44.8 Å². The predicted molar refractivity (Wildman–Crippen MR) is 41.9 cm³/mol. The van der Waals surface area contributed by atoms with E-state index in [1.165, 1.54) is 19.3 Å². The van der Waals surface area contributed by atoms with Crippen LogP contribution in [0.2, 0.25) is 0 Å². The van der Waals surface area contributed by atoms with Crippen molar-refractivity contribution in [3.8, 4) is 0 Å². The maximum absolute atomic E-state index is 5.64. The van der Waals surface area contributed by atoms with Crippen LogP contribution in [0, 0.1) is 0 Å². The smallest absolute Gasteiger partial charge is 0.0589 e. The van der Waals surface area contributed by atoms with Crippen LogP contribution in [0.15, 0.2) is 0 Å². The molecule has 0 aromatic rings. The molecule has 1 aliphatic heterocycles. The third kappa shape index (κ3) is 2.67. The van der Waals surface area contributed by atoms with Crippen LogP contribution >= 0.6 is 0 Å². The van der Waals surface area contributed by atoms with Crippen LogP contribution in [0.25, 0.3) is 0 Å². The first-order chi connectivity index (χ1) is 4.79. The van der Waals surface area contributed by atoms with Crippen LogP contribution < -0.4 is 5.73 Å². The molecule has 0 saturated carbocycles. The fourth-order valence-corrected chi connectivity index (χ4v) is 1.41. The van der Waals surface area contributed by atoms with E-state index in [-0.39, 0.29) is 0 Å². The molecule has 2 N–H and O–H groups in total. The zero-order valence-electron chi connectivity index (χ0n) is 6.68. The van der Waals surface area contributed by atoms with Gasteiger partial charge in [0.2, 0.25) is 0 Å². The summed E-state index contributed by atoms with van der Waals surface area (Å²) in [5, 5.41) is 0.